The summed E-state index contributed by atoms with van der Waals surface area (Å²) in [6.07, 6.45) is 2.36. The number of guanidine groups is 1. The Kier molecular flexibility index (Phi) is 5.20. The van der Waals surface area contributed by atoms with Gasteiger partial charge in [0.05, 0.1) is 6.54 Å². The number of hydrogen-bond donors (Lipinski definition) is 2. The zero-order valence-electron chi connectivity index (χ0n) is 12.8. The lowest BCUT2D eigenvalue weighted by Crippen LogP contribution is -2.42. The molecule has 0 atom stereocenters. The first-order valence-corrected chi connectivity index (χ1v) is 7.46. The topological polar surface area (TPSA) is 70.7 Å². The maximum atomic E-state index is 11.5. The average Bonchev–Trinajstić information content (AvgIpc) is 2.53. The minimum Gasteiger partial charge on any atom is -0.370 e. The molecular weight excluding hydrogens is 264 g/mol. The highest BCUT2D eigenvalue weighted by Crippen LogP contribution is 2.15. The van der Waals surface area contributed by atoms with Gasteiger partial charge in [0.1, 0.15) is 0 Å². The molecule has 1 amide bonds. The molecule has 1 heterocycles. The highest BCUT2D eigenvalue weighted by molar-refractivity contribution is 5.93. The monoisotopic (exact) mass is 288 g/mol. The summed E-state index contributed by atoms with van der Waals surface area (Å²) in [5.74, 6) is 1.33. The van der Waals surface area contributed by atoms with Crippen molar-refractivity contribution in [2.45, 2.75) is 26.3 Å². The smallest absolute Gasteiger partial charge is 0.251 e. The number of benzene rings is 1. The number of nitrogens with zero attached hydrogens (tertiary/aromatic N) is 2. The molecule has 1 aromatic carbocycles. The number of nitrogens with one attached hydrogen (secondary N) is 1. The van der Waals surface area contributed by atoms with Crippen LogP contribution >= 0.6 is 0 Å². The Bertz CT molecular complexity index is 502. The van der Waals surface area contributed by atoms with Gasteiger partial charge in [-0.25, -0.2) is 4.99 Å². The van der Waals surface area contributed by atoms with Gasteiger partial charge in [-0.2, -0.15) is 0 Å². The van der Waals surface area contributed by atoms with Gasteiger partial charge in [-0.1, -0.05) is 19.1 Å². The third kappa shape index (κ3) is 4.21. The Labute approximate surface area is 126 Å². The third-order valence-electron chi connectivity index (χ3n) is 3.97. The average molecular weight is 288 g/mol. The summed E-state index contributed by atoms with van der Waals surface area (Å²) in [6, 6.07) is 7.45. The van der Waals surface area contributed by atoms with Crippen LogP contribution in [0.5, 0.6) is 0 Å². The number of nitrogens with two attached hydrogens (primary N) is 1. The fourth-order valence-corrected chi connectivity index (χ4v) is 2.42. The van der Waals surface area contributed by atoms with Crippen LogP contribution in [0.25, 0.3) is 0 Å². The Balaban J connectivity index is 1.92. The van der Waals surface area contributed by atoms with E-state index in [0.717, 1.165) is 24.6 Å². The number of likely N-dealkylation sites (tertiary alicyclic amines) is 1. The Morgan fingerprint density at radius 1 is 1.33 bits per heavy atom. The van der Waals surface area contributed by atoms with E-state index in [1.165, 1.54) is 12.8 Å². The van der Waals surface area contributed by atoms with E-state index in [2.05, 4.69) is 22.1 Å². The molecule has 0 radical (unpaired) electrons. The molecule has 5 nitrogen and oxygen atoms in total. The minimum atomic E-state index is -0.0769. The van der Waals surface area contributed by atoms with Gasteiger partial charge in [0, 0.05) is 25.7 Å². The van der Waals surface area contributed by atoms with Gasteiger partial charge in [0.2, 0.25) is 0 Å². The SMILES string of the molecule is CNC(=O)c1ccc(CN=C(N)N2CCC(C)CC2)cc1. The van der Waals surface area contributed by atoms with Gasteiger partial charge >= 0.3 is 0 Å². The van der Waals surface area contributed by atoms with E-state index >= 15 is 0 Å². The molecular formula is C16H24N4O. The van der Waals surface area contributed by atoms with Crippen LogP contribution in [0.15, 0.2) is 29.3 Å². The Hall–Kier alpha value is -2.04. The van der Waals surface area contributed by atoms with E-state index in [0.29, 0.717) is 18.1 Å². The predicted octanol–water partition coefficient (Wildman–Crippen LogP) is 1.59. The second-order valence-corrected chi connectivity index (χ2v) is 5.62. The number of amides is 1. The van der Waals surface area contributed by atoms with Crippen LogP contribution in [0, 0.1) is 5.92 Å². The van der Waals surface area contributed by atoms with Gasteiger partial charge in [0.25, 0.3) is 5.91 Å². The molecule has 21 heavy (non-hydrogen) atoms. The normalized spacial score (nSPS) is 16.9. The van der Waals surface area contributed by atoms with Crippen molar-refractivity contribution in [2.75, 3.05) is 20.1 Å². The van der Waals surface area contributed by atoms with Gasteiger partial charge in [-0.05, 0) is 36.5 Å². The van der Waals surface area contributed by atoms with E-state index in [-0.39, 0.29) is 5.91 Å². The number of piperidine rings is 1. The van der Waals surface area contributed by atoms with Crippen molar-refractivity contribution in [3.05, 3.63) is 35.4 Å². The molecule has 3 N–H and O–H groups in total. The van der Waals surface area contributed by atoms with Gasteiger partial charge in [-0.3, -0.25) is 4.79 Å². The molecule has 1 saturated heterocycles. The molecule has 0 saturated carbocycles. The molecule has 1 aromatic rings. The predicted molar refractivity (Wildman–Crippen MR) is 85.1 cm³/mol. The van der Waals surface area contributed by atoms with Crippen molar-refractivity contribution in [1.29, 1.82) is 0 Å². The van der Waals surface area contributed by atoms with Crippen molar-refractivity contribution in [3.63, 3.8) is 0 Å². The summed E-state index contributed by atoms with van der Waals surface area (Å²) in [5.41, 5.74) is 7.76. The van der Waals surface area contributed by atoms with Crippen LogP contribution in [0.1, 0.15) is 35.7 Å². The summed E-state index contributed by atoms with van der Waals surface area (Å²) in [6.45, 7) is 4.81. The molecule has 5 heteroatoms. The van der Waals surface area contributed by atoms with Crippen molar-refractivity contribution >= 4 is 11.9 Å². The number of rotatable bonds is 3. The van der Waals surface area contributed by atoms with E-state index < -0.39 is 0 Å². The molecule has 0 bridgehead atoms. The first kappa shape index (κ1) is 15.4. The third-order valence-corrected chi connectivity index (χ3v) is 3.97. The molecule has 1 fully saturated rings. The number of hydrogen-bond acceptors (Lipinski definition) is 2. The van der Waals surface area contributed by atoms with Crippen LogP contribution in [0.3, 0.4) is 0 Å². The number of aliphatic imine (C=N–C) groups is 1. The standard InChI is InChI=1S/C16H24N4O/c1-12-7-9-20(10-8-12)16(17)19-11-13-3-5-14(6-4-13)15(21)18-2/h3-6,12H,7-11H2,1-2H3,(H2,17,19)(H,18,21). The summed E-state index contributed by atoms with van der Waals surface area (Å²) >= 11 is 0. The van der Waals surface area contributed by atoms with Gasteiger partial charge < -0.3 is 16.0 Å². The maximum absolute atomic E-state index is 11.5. The lowest BCUT2D eigenvalue weighted by molar-refractivity contribution is 0.0963. The van der Waals surface area contributed by atoms with E-state index in [1.54, 1.807) is 7.05 Å². The number of carbonyl (C=O) groups excluding carboxylic acids is 1. The molecule has 1 aliphatic rings. The lowest BCUT2D eigenvalue weighted by Gasteiger charge is -2.31. The summed E-state index contributed by atoms with van der Waals surface area (Å²) in [5, 5.41) is 2.60. The van der Waals surface area contributed by atoms with E-state index in [1.807, 2.05) is 24.3 Å². The van der Waals surface area contributed by atoms with Crippen LogP contribution in [-0.2, 0) is 6.54 Å². The fraction of sp³-hybridized carbons (Fsp3) is 0.500. The van der Waals surface area contributed by atoms with Crippen molar-refractivity contribution in [2.24, 2.45) is 16.6 Å². The molecule has 114 valence electrons. The van der Waals surface area contributed by atoms with Crippen LogP contribution in [0.2, 0.25) is 0 Å². The second kappa shape index (κ2) is 7.11. The highest BCUT2D eigenvalue weighted by atomic mass is 16.1. The molecule has 2 rings (SSSR count). The largest absolute Gasteiger partial charge is 0.370 e. The molecule has 0 aliphatic carbocycles. The highest BCUT2D eigenvalue weighted by Gasteiger charge is 2.16. The van der Waals surface area contributed by atoms with E-state index in [9.17, 15) is 4.79 Å². The summed E-state index contributed by atoms with van der Waals surface area (Å²) < 4.78 is 0. The maximum Gasteiger partial charge on any atom is 0.251 e. The van der Waals surface area contributed by atoms with Crippen molar-refractivity contribution < 1.29 is 4.79 Å². The van der Waals surface area contributed by atoms with Crippen molar-refractivity contribution in [3.8, 4) is 0 Å². The second-order valence-electron chi connectivity index (χ2n) is 5.62. The fourth-order valence-electron chi connectivity index (χ4n) is 2.42. The zero-order chi connectivity index (χ0) is 15.2. The quantitative estimate of drug-likeness (QED) is 0.655. The van der Waals surface area contributed by atoms with Gasteiger partial charge in [-0.15, -0.1) is 0 Å². The summed E-state index contributed by atoms with van der Waals surface area (Å²) in [7, 11) is 1.63. The van der Waals surface area contributed by atoms with E-state index in [4.69, 9.17) is 5.73 Å². The van der Waals surface area contributed by atoms with Crippen LogP contribution in [-0.4, -0.2) is 36.9 Å². The van der Waals surface area contributed by atoms with Crippen LogP contribution < -0.4 is 11.1 Å². The minimum absolute atomic E-state index is 0.0769. The lowest BCUT2D eigenvalue weighted by atomic mass is 10.00. The van der Waals surface area contributed by atoms with Gasteiger partial charge in [0.15, 0.2) is 5.96 Å². The summed E-state index contributed by atoms with van der Waals surface area (Å²) in [4.78, 5) is 18.1. The van der Waals surface area contributed by atoms with Crippen molar-refractivity contribution in [1.82, 2.24) is 10.2 Å². The molecule has 0 spiro atoms. The first-order valence-electron chi connectivity index (χ1n) is 7.46. The first-order chi connectivity index (χ1) is 10.1. The Morgan fingerprint density at radius 2 is 1.95 bits per heavy atom. The molecule has 0 unspecified atom stereocenters. The Morgan fingerprint density at radius 3 is 2.52 bits per heavy atom. The molecule has 1 aliphatic heterocycles. The zero-order valence-corrected chi connectivity index (χ0v) is 12.8. The van der Waals surface area contributed by atoms with Crippen LogP contribution in [0.4, 0.5) is 0 Å². The molecule has 0 aromatic heterocycles. The number of carbonyl (C=O) groups is 1.